The minimum absolute atomic E-state index is 0.364. The molecule has 1 fully saturated rings. The molecular weight excluding hydrogens is 214 g/mol. The lowest BCUT2D eigenvalue weighted by Crippen LogP contribution is -2.26. The third-order valence-corrected chi connectivity index (χ3v) is 3.30. The van der Waals surface area contributed by atoms with E-state index in [1.54, 1.807) is 6.07 Å². The maximum Gasteiger partial charge on any atom is 0.151 e. The van der Waals surface area contributed by atoms with E-state index in [0.717, 1.165) is 30.6 Å². The van der Waals surface area contributed by atoms with Gasteiger partial charge < -0.3 is 9.72 Å². The third kappa shape index (κ3) is 1.96. The van der Waals surface area contributed by atoms with Crippen LogP contribution in [-0.2, 0) is 0 Å². The van der Waals surface area contributed by atoms with Crippen LogP contribution in [0.1, 0.15) is 41.4 Å². The molecule has 0 aromatic carbocycles. The molecule has 88 valence electrons. The fourth-order valence-corrected chi connectivity index (χ4v) is 2.37. The molecule has 4 heteroatoms. The summed E-state index contributed by atoms with van der Waals surface area (Å²) in [6.45, 7) is 1.07. The average molecular weight is 229 g/mol. The van der Waals surface area contributed by atoms with E-state index in [9.17, 15) is 4.79 Å². The lowest BCUT2D eigenvalue weighted by molar-refractivity contribution is 0.112. The first kappa shape index (κ1) is 10.5. The van der Waals surface area contributed by atoms with Crippen molar-refractivity contribution in [3.63, 3.8) is 0 Å². The summed E-state index contributed by atoms with van der Waals surface area (Å²) in [6.07, 6.45) is 8.35. The van der Waals surface area contributed by atoms with Gasteiger partial charge in [0.25, 0.3) is 0 Å². The fourth-order valence-electron chi connectivity index (χ4n) is 2.37. The zero-order valence-corrected chi connectivity index (χ0v) is 9.60. The van der Waals surface area contributed by atoms with E-state index in [0.29, 0.717) is 11.6 Å². The third-order valence-electron chi connectivity index (χ3n) is 3.30. The van der Waals surface area contributed by atoms with Crippen LogP contribution >= 0.6 is 0 Å². The molecule has 0 aliphatic carbocycles. The Hall–Kier alpha value is -1.68. The van der Waals surface area contributed by atoms with Crippen molar-refractivity contribution in [1.82, 2.24) is 14.7 Å². The van der Waals surface area contributed by atoms with Crippen molar-refractivity contribution < 1.29 is 4.79 Å². The zero-order chi connectivity index (χ0) is 11.7. The summed E-state index contributed by atoms with van der Waals surface area (Å²) < 4.78 is 1.93. The number of rotatable bonds is 2. The zero-order valence-electron chi connectivity index (χ0n) is 9.60. The molecule has 1 unspecified atom stereocenters. The van der Waals surface area contributed by atoms with Crippen molar-refractivity contribution in [3.8, 4) is 0 Å². The molecule has 1 saturated heterocycles. The highest BCUT2D eigenvalue weighted by molar-refractivity contribution is 5.74. The van der Waals surface area contributed by atoms with E-state index in [1.807, 2.05) is 22.9 Å². The molecule has 1 atom stereocenters. The molecule has 0 spiro atoms. The Bertz CT molecular complexity index is 541. The van der Waals surface area contributed by atoms with Crippen LogP contribution in [0.4, 0.5) is 0 Å². The first-order chi connectivity index (χ1) is 8.36. The van der Waals surface area contributed by atoms with Crippen LogP contribution in [0.25, 0.3) is 5.65 Å². The Labute approximate surface area is 99.7 Å². The molecule has 0 saturated carbocycles. The topological polar surface area (TPSA) is 46.4 Å². The molecule has 3 heterocycles. The Morgan fingerprint density at radius 1 is 1.35 bits per heavy atom. The summed E-state index contributed by atoms with van der Waals surface area (Å²) in [5.41, 5.74) is 2.66. The van der Waals surface area contributed by atoms with Gasteiger partial charge >= 0.3 is 0 Å². The van der Waals surface area contributed by atoms with Crippen molar-refractivity contribution >= 4 is 11.9 Å². The second kappa shape index (κ2) is 4.30. The molecule has 1 aliphatic rings. The van der Waals surface area contributed by atoms with Crippen LogP contribution in [0.5, 0.6) is 0 Å². The highest BCUT2D eigenvalue weighted by Gasteiger charge is 2.17. The molecule has 17 heavy (non-hydrogen) atoms. The highest BCUT2D eigenvalue weighted by atomic mass is 16.1. The summed E-state index contributed by atoms with van der Waals surface area (Å²) in [7, 11) is 0. The standard InChI is InChI=1S/C13H15N3O/c17-9-10-4-5-13-15-12(8-16(13)7-10)11-3-1-2-6-14-11/h4-5,7-9,11,14H,1-3,6H2. The van der Waals surface area contributed by atoms with Gasteiger partial charge in [-0.15, -0.1) is 0 Å². The van der Waals surface area contributed by atoms with E-state index in [4.69, 9.17) is 0 Å². The monoisotopic (exact) mass is 229 g/mol. The van der Waals surface area contributed by atoms with Gasteiger partial charge in [-0.2, -0.15) is 0 Å². The van der Waals surface area contributed by atoms with Crippen molar-refractivity contribution in [3.05, 3.63) is 35.8 Å². The van der Waals surface area contributed by atoms with Crippen molar-refractivity contribution in [2.45, 2.75) is 25.3 Å². The smallest absolute Gasteiger partial charge is 0.151 e. The number of aromatic nitrogens is 2. The van der Waals surface area contributed by atoms with Gasteiger partial charge in [-0.05, 0) is 31.5 Å². The number of carbonyl (C=O) groups is 1. The predicted molar refractivity (Wildman–Crippen MR) is 65.2 cm³/mol. The number of fused-ring (bicyclic) bond motifs is 1. The Morgan fingerprint density at radius 3 is 3.06 bits per heavy atom. The van der Waals surface area contributed by atoms with Gasteiger partial charge in [0.1, 0.15) is 5.65 Å². The van der Waals surface area contributed by atoms with E-state index in [-0.39, 0.29) is 0 Å². The van der Waals surface area contributed by atoms with E-state index in [2.05, 4.69) is 10.3 Å². The molecule has 3 rings (SSSR count). The largest absolute Gasteiger partial charge is 0.309 e. The Morgan fingerprint density at radius 2 is 2.29 bits per heavy atom. The predicted octanol–water partition coefficient (Wildman–Crippen LogP) is 1.96. The van der Waals surface area contributed by atoms with Gasteiger partial charge in [0.05, 0.1) is 11.7 Å². The number of pyridine rings is 1. The summed E-state index contributed by atoms with van der Waals surface area (Å²) in [4.78, 5) is 15.3. The molecule has 1 aliphatic heterocycles. The van der Waals surface area contributed by atoms with Crippen LogP contribution in [0.3, 0.4) is 0 Å². The highest BCUT2D eigenvalue weighted by Crippen LogP contribution is 2.22. The Balaban J connectivity index is 1.97. The van der Waals surface area contributed by atoms with Crippen LogP contribution in [0.2, 0.25) is 0 Å². The van der Waals surface area contributed by atoms with Gasteiger partial charge in [0, 0.05) is 18.0 Å². The molecule has 2 aromatic heterocycles. The number of piperidine rings is 1. The normalized spacial score (nSPS) is 20.6. The first-order valence-electron chi connectivity index (χ1n) is 6.04. The van der Waals surface area contributed by atoms with Crippen molar-refractivity contribution in [1.29, 1.82) is 0 Å². The SMILES string of the molecule is O=Cc1ccc2nc(C3CCCCN3)cn2c1. The summed E-state index contributed by atoms with van der Waals surface area (Å²) in [5, 5.41) is 3.48. The van der Waals surface area contributed by atoms with Gasteiger partial charge in [0.2, 0.25) is 0 Å². The Kier molecular flexibility index (Phi) is 2.65. The number of nitrogens with zero attached hydrogens (tertiary/aromatic N) is 2. The number of carbonyl (C=O) groups excluding carboxylic acids is 1. The number of aldehydes is 1. The molecule has 1 N–H and O–H groups in total. The molecule has 0 bridgehead atoms. The summed E-state index contributed by atoms with van der Waals surface area (Å²) in [5.74, 6) is 0. The summed E-state index contributed by atoms with van der Waals surface area (Å²) >= 11 is 0. The number of hydrogen-bond acceptors (Lipinski definition) is 3. The van der Waals surface area contributed by atoms with Gasteiger partial charge in [-0.1, -0.05) is 6.42 Å². The molecule has 0 amide bonds. The van der Waals surface area contributed by atoms with Gasteiger partial charge in [-0.3, -0.25) is 4.79 Å². The van der Waals surface area contributed by atoms with Crippen LogP contribution in [0.15, 0.2) is 24.5 Å². The van der Waals surface area contributed by atoms with E-state index in [1.165, 1.54) is 12.8 Å². The number of imidazole rings is 1. The molecule has 4 nitrogen and oxygen atoms in total. The minimum Gasteiger partial charge on any atom is -0.309 e. The minimum atomic E-state index is 0.364. The lowest BCUT2D eigenvalue weighted by Gasteiger charge is -2.21. The fraction of sp³-hybridized carbons (Fsp3) is 0.385. The molecule has 0 radical (unpaired) electrons. The van der Waals surface area contributed by atoms with Crippen molar-refractivity contribution in [2.75, 3.05) is 6.54 Å². The van der Waals surface area contributed by atoms with Crippen molar-refractivity contribution in [2.24, 2.45) is 0 Å². The maximum absolute atomic E-state index is 10.7. The van der Waals surface area contributed by atoms with Gasteiger partial charge in [0.15, 0.2) is 6.29 Å². The molecular formula is C13H15N3O. The van der Waals surface area contributed by atoms with Crippen LogP contribution < -0.4 is 5.32 Å². The number of nitrogens with one attached hydrogen (secondary N) is 1. The quantitative estimate of drug-likeness (QED) is 0.801. The summed E-state index contributed by atoms with van der Waals surface area (Å²) in [6, 6.07) is 4.05. The van der Waals surface area contributed by atoms with Crippen LogP contribution in [0, 0.1) is 0 Å². The second-order valence-corrected chi connectivity index (χ2v) is 4.51. The first-order valence-corrected chi connectivity index (χ1v) is 6.04. The van der Waals surface area contributed by atoms with E-state index >= 15 is 0 Å². The maximum atomic E-state index is 10.7. The number of hydrogen-bond donors (Lipinski definition) is 1. The second-order valence-electron chi connectivity index (χ2n) is 4.51. The van der Waals surface area contributed by atoms with E-state index < -0.39 is 0 Å². The van der Waals surface area contributed by atoms with Gasteiger partial charge in [-0.25, -0.2) is 4.98 Å². The van der Waals surface area contributed by atoms with Crippen LogP contribution in [-0.4, -0.2) is 22.2 Å². The lowest BCUT2D eigenvalue weighted by atomic mass is 10.0. The molecule has 2 aromatic rings. The average Bonchev–Trinajstić information content (AvgIpc) is 2.82.